The third kappa shape index (κ3) is 3.29. The molecular weight excluding hydrogens is 244 g/mol. The summed E-state index contributed by atoms with van der Waals surface area (Å²) in [6.07, 6.45) is 11.4. The van der Waals surface area contributed by atoms with Gasteiger partial charge in [-0.25, -0.2) is 4.98 Å². The van der Waals surface area contributed by atoms with Crippen LogP contribution in [0.4, 0.5) is 0 Å². The fourth-order valence-electron chi connectivity index (χ4n) is 2.02. The molecule has 100 valence electrons. The number of rotatable bonds is 4. The molecule has 0 saturated heterocycles. The van der Waals surface area contributed by atoms with Crippen LogP contribution in [0.15, 0.2) is 67.5 Å². The summed E-state index contributed by atoms with van der Waals surface area (Å²) in [5.41, 5.74) is 5.22. The smallest absolute Gasteiger partial charge is 0.0713 e. The van der Waals surface area contributed by atoms with Crippen molar-refractivity contribution in [2.75, 3.05) is 0 Å². The molecule has 2 aromatic rings. The molecule has 2 rings (SSSR count). The Kier molecular flexibility index (Phi) is 4.61. The van der Waals surface area contributed by atoms with Crippen molar-refractivity contribution in [2.24, 2.45) is 0 Å². The molecule has 2 aromatic heterocycles. The SMILES string of the molecule is C=C/C=C(\C=C/C)c1cc(C)cc(-c2ccncc2)n1. The van der Waals surface area contributed by atoms with E-state index in [2.05, 4.69) is 30.6 Å². The summed E-state index contributed by atoms with van der Waals surface area (Å²) in [5, 5.41) is 0. The molecule has 2 nitrogen and oxygen atoms in total. The molecule has 0 atom stereocenters. The third-order valence-corrected chi connectivity index (χ3v) is 2.89. The summed E-state index contributed by atoms with van der Waals surface area (Å²) in [6, 6.07) is 8.11. The van der Waals surface area contributed by atoms with E-state index in [1.807, 2.05) is 37.3 Å². The van der Waals surface area contributed by atoms with Crippen LogP contribution in [-0.4, -0.2) is 9.97 Å². The van der Waals surface area contributed by atoms with Crippen molar-refractivity contribution in [3.63, 3.8) is 0 Å². The van der Waals surface area contributed by atoms with Crippen LogP contribution in [0.2, 0.25) is 0 Å². The van der Waals surface area contributed by atoms with Crippen LogP contribution in [0.1, 0.15) is 18.2 Å². The maximum Gasteiger partial charge on any atom is 0.0713 e. The zero-order valence-electron chi connectivity index (χ0n) is 11.9. The van der Waals surface area contributed by atoms with Crippen LogP contribution in [0, 0.1) is 6.92 Å². The van der Waals surface area contributed by atoms with E-state index in [1.54, 1.807) is 18.5 Å². The number of aromatic nitrogens is 2. The number of allylic oxidation sites excluding steroid dienone is 5. The summed E-state index contributed by atoms with van der Waals surface area (Å²) in [7, 11) is 0. The van der Waals surface area contributed by atoms with E-state index < -0.39 is 0 Å². The van der Waals surface area contributed by atoms with Gasteiger partial charge in [0.2, 0.25) is 0 Å². The van der Waals surface area contributed by atoms with Gasteiger partial charge in [-0.05, 0) is 49.2 Å². The number of aryl methyl sites for hydroxylation is 1. The Morgan fingerprint density at radius 3 is 2.60 bits per heavy atom. The van der Waals surface area contributed by atoms with Gasteiger partial charge < -0.3 is 0 Å². The quantitative estimate of drug-likeness (QED) is 0.753. The zero-order valence-corrected chi connectivity index (χ0v) is 11.9. The number of nitrogens with zero attached hydrogens (tertiary/aromatic N) is 2. The third-order valence-electron chi connectivity index (χ3n) is 2.89. The molecular formula is C18H18N2. The molecule has 2 heterocycles. The van der Waals surface area contributed by atoms with Gasteiger partial charge in [0.25, 0.3) is 0 Å². The molecule has 2 heteroatoms. The van der Waals surface area contributed by atoms with E-state index in [0.717, 1.165) is 22.5 Å². The molecule has 20 heavy (non-hydrogen) atoms. The molecule has 0 aromatic carbocycles. The van der Waals surface area contributed by atoms with Crippen molar-refractivity contribution in [1.29, 1.82) is 0 Å². The van der Waals surface area contributed by atoms with Crippen LogP contribution in [0.5, 0.6) is 0 Å². The van der Waals surface area contributed by atoms with Gasteiger partial charge in [0.05, 0.1) is 11.4 Å². The average molecular weight is 262 g/mol. The van der Waals surface area contributed by atoms with Crippen molar-refractivity contribution < 1.29 is 0 Å². The van der Waals surface area contributed by atoms with Crippen LogP contribution >= 0.6 is 0 Å². The van der Waals surface area contributed by atoms with Gasteiger partial charge in [-0.1, -0.05) is 30.9 Å². The van der Waals surface area contributed by atoms with E-state index in [4.69, 9.17) is 4.98 Å². The summed E-state index contributed by atoms with van der Waals surface area (Å²) >= 11 is 0. The number of pyridine rings is 2. The van der Waals surface area contributed by atoms with Crippen molar-refractivity contribution in [1.82, 2.24) is 9.97 Å². The predicted octanol–water partition coefficient (Wildman–Crippen LogP) is 4.60. The second kappa shape index (κ2) is 6.62. The molecule has 0 saturated carbocycles. The highest BCUT2D eigenvalue weighted by Gasteiger charge is 2.05. The van der Waals surface area contributed by atoms with E-state index >= 15 is 0 Å². The Labute approximate surface area is 120 Å². The fraction of sp³-hybridized carbons (Fsp3) is 0.111. The standard InChI is InChI=1S/C18H18N2/c1-4-6-15(7-5-2)17-12-14(3)13-18(20-17)16-8-10-19-11-9-16/h4-13H,1H2,2-3H3/b7-5-,15-6+. The minimum Gasteiger partial charge on any atom is -0.265 e. The summed E-state index contributed by atoms with van der Waals surface area (Å²) in [4.78, 5) is 8.79. The van der Waals surface area contributed by atoms with E-state index in [-0.39, 0.29) is 0 Å². The normalized spacial score (nSPS) is 11.8. The Morgan fingerprint density at radius 1 is 1.20 bits per heavy atom. The highest BCUT2D eigenvalue weighted by molar-refractivity contribution is 5.75. The van der Waals surface area contributed by atoms with Crippen LogP contribution in [0.3, 0.4) is 0 Å². The van der Waals surface area contributed by atoms with Gasteiger partial charge in [0.1, 0.15) is 0 Å². The van der Waals surface area contributed by atoms with E-state index in [1.165, 1.54) is 5.56 Å². The van der Waals surface area contributed by atoms with Crippen molar-refractivity contribution >= 4 is 5.57 Å². The zero-order chi connectivity index (χ0) is 14.4. The van der Waals surface area contributed by atoms with E-state index in [0.29, 0.717) is 0 Å². The van der Waals surface area contributed by atoms with Gasteiger partial charge in [0, 0.05) is 18.0 Å². The Morgan fingerprint density at radius 2 is 1.95 bits per heavy atom. The number of hydrogen-bond acceptors (Lipinski definition) is 2. The first kappa shape index (κ1) is 13.9. The summed E-state index contributed by atoms with van der Waals surface area (Å²) in [5.74, 6) is 0. The Bertz CT molecular complexity index is 652. The molecule has 0 bridgehead atoms. The topological polar surface area (TPSA) is 25.8 Å². The maximum absolute atomic E-state index is 4.75. The monoisotopic (exact) mass is 262 g/mol. The van der Waals surface area contributed by atoms with Crippen LogP contribution in [-0.2, 0) is 0 Å². The number of hydrogen-bond donors (Lipinski definition) is 0. The van der Waals surface area contributed by atoms with Crippen LogP contribution < -0.4 is 0 Å². The second-order valence-electron chi connectivity index (χ2n) is 4.51. The van der Waals surface area contributed by atoms with Gasteiger partial charge in [-0.2, -0.15) is 0 Å². The van der Waals surface area contributed by atoms with Crippen molar-refractivity contribution in [2.45, 2.75) is 13.8 Å². The predicted molar refractivity (Wildman–Crippen MR) is 85.2 cm³/mol. The molecule has 0 aliphatic carbocycles. The van der Waals surface area contributed by atoms with Crippen molar-refractivity contribution in [3.05, 3.63) is 78.8 Å². The molecule has 0 amide bonds. The minimum absolute atomic E-state index is 0.954. The average Bonchev–Trinajstić information content (AvgIpc) is 2.47. The van der Waals surface area contributed by atoms with Crippen LogP contribution in [0.25, 0.3) is 16.8 Å². The molecule has 0 radical (unpaired) electrons. The lowest BCUT2D eigenvalue weighted by Gasteiger charge is -2.07. The van der Waals surface area contributed by atoms with Gasteiger partial charge in [-0.15, -0.1) is 0 Å². The van der Waals surface area contributed by atoms with E-state index in [9.17, 15) is 0 Å². The minimum atomic E-state index is 0.954. The fourth-order valence-corrected chi connectivity index (χ4v) is 2.02. The first-order chi connectivity index (χ1) is 9.74. The highest BCUT2D eigenvalue weighted by atomic mass is 14.7. The Balaban J connectivity index is 2.54. The first-order valence-electron chi connectivity index (χ1n) is 6.59. The molecule has 0 N–H and O–H groups in total. The lowest BCUT2D eigenvalue weighted by molar-refractivity contribution is 1.23. The maximum atomic E-state index is 4.75. The molecule has 0 aliphatic heterocycles. The van der Waals surface area contributed by atoms with Gasteiger partial charge in [0.15, 0.2) is 0 Å². The Hall–Kier alpha value is -2.48. The second-order valence-corrected chi connectivity index (χ2v) is 4.51. The molecule has 0 spiro atoms. The highest BCUT2D eigenvalue weighted by Crippen LogP contribution is 2.22. The van der Waals surface area contributed by atoms with Gasteiger partial charge >= 0.3 is 0 Å². The summed E-state index contributed by atoms with van der Waals surface area (Å²) < 4.78 is 0. The first-order valence-corrected chi connectivity index (χ1v) is 6.59. The molecule has 0 unspecified atom stereocenters. The molecule has 0 fully saturated rings. The lowest BCUT2D eigenvalue weighted by Crippen LogP contribution is -1.93. The molecule has 0 aliphatic rings. The lowest BCUT2D eigenvalue weighted by atomic mass is 10.1. The van der Waals surface area contributed by atoms with Crippen molar-refractivity contribution in [3.8, 4) is 11.3 Å². The largest absolute Gasteiger partial charge is 0.265 e. The van der Waals surface area contributed by atoms with Gasteiger partial charge in [-0.3, -0.25) is 4.98 Å². The summed E-state index contributed by atoms with van der Waals surface area (Å²) in [6.45, 7) is 7.84.